The summed E-state index contributed by atoms with van der Waals surface area (Å²) in [5.74, 6) is 1.84. The van der Waals surface area contributed by atoms with Crippen molar-refractivity contribution in [1.82, 2.24) is 19.0 Å². The fourth-order valence-electron chi connectivity index (χ4n) is 5.18. The van der Waals surface area contributed by atoms with Gasteiger partial charge in [-0.1, -0.05) is 0 Å². The van der Waals surface area contributed by atoms with Crippen LogP contribution < -0.4 is 10.5 Å². The second-order valence-corrected chi connectivity index (χ2v) is 12.1. The summed E-state index contributed by atoms with van der Waals surface area (Å²) in [7, 11) is 3.57. The Balaban J connectivity index is 1.45. The zero-order valence-electron chi connectivity index (χ0n) is 19.6. The van der Waals surface area contributed by atoms with Crippen LogP contribution in [0.15, 0.2) is 28.1 Å². The minimum atomic E-state index is -1.11. The first kappa shape index (κ1) is 23.0. The highest BCUT2D eigenvalue weighted by molar-refractivity contribution is 9.11. The highest BCUT2D eigenvalue weighted by Crippen LogP contribution is 2.41. The summed E-state index contributed by atoms with van der Waals surface area (Å²) in [4.78, 5) is 21.0. The minimum Gasteiger partial charge on any atom is -0.494 e. The lowest BCUT2D eigenvalue weighted by molar-refractivity contribution is 0.0606. The summed E-state index contributed by atoms with van der Waals surface area (Å²) in [5, 5.41) is 1.19. The molecule has 2 atom stereocenters. The Morgan fingerprint density at radius 3 is 2.80 bits per heavy atom. The first-order valence-corrected chi connectivity index (χ1v) is 13.5. The molecule has 1 aliphatic heterocycles. The number of benzene rings is 1. The number of aromatic nitrogens is 3. The molecule has 35 heavy (non-hydrogen) atoms. The van der Waals surface area contributed by atoms with E-state index < -0.39 is 6.17 Å². The van der Waals surface area contributed by atoms with Gasteiger partial charge in [0.05, 0.1) is 28.7 Å². The number of likely N-dealkylation sites (tertiary alicyclic amines) is 1. The van der Waals surface area contributed by atoms with E-state index in [0.29, 0.717) is 29.3 Å². The number of amides is 1. The number of thiophene rings is 1. The van der Waals surface area contributed by atoms with Gasteiger partial charge in [-0.15, -0.1) is 11.3 Å². The van der Waals surface area contributed by atoms with Crippen LogP contribution >= 0.6 is 27.3 Å². The molecule has 2 fully saturated rings. The number of carbonyl (C=O) groups excluding carboxylic acids is 1. The summed E-state index contributed by atoms with van der Waals surface area (Å²) in [6.07, 6.45) is 1.69. The lowest BCUT2D eigenvalue weighted by Crippen LogP contribution is -2.50. The Labute approximate surface area is 214 Å². The number of halogens is 2. The Bertz CT molecular complexity index is 1450. The molecule has 7 nitrogen and oxygen atoms in total. The summed E-state index contributed by atoms with van der Waals surface area (Å²) in [6.45, 7) is 1.37. The highest BCUT2D eigenvalue weighted by atomic mass is 79.9. The highest BCUT2D eigenvalue weighted by Gasteiger charge is 2.30. The Morgan fingerprint density at radius 2 is 2.09 bits per heavy atom. The number of alkyl halides is 1. The number of piperidine rings is 1. The Morgan fingerprint density at radius 1 is 1.29 bits per heavy atom. The van der Waals surface area contributed by atoms with Crippen molar-refractivity contribution in [1.29, 1.82) is 0 Å². The number of aryl methyl sites for hydroxylation is 1. The largest absolute Gasteiger partial charge is 0.494 e. The van der Waals surface area contributed by atoms with Crippen molar-refractivity contribution >= 4 is 54.4 Å². The van der Waals surface area contributed by atoms with Gasteiger partial charge in [0.2, 0.25) is 0 Å². The van der Waals surface area contributed by atoms with Gasteiger partial charge in [-0.3, -0.25) is 4.79 Å². The van der Waals surface area contributed by atoms with Gasteiger partial charge in [0.25, 0.3) is 5.91 Å². The maximum Gasteiger partial charge on any atom is 0.254 e. The van der Waals surface area contributed by atoms with Crippen molar-refractivity contribution in [2.75, 3.05) is 20.2 Å². The molecule has 184 valence electrons. The molecule has 1 saturated heterocycles. The maximum atomic E-state index is 14.1. The van der Waals surface area contributed by atoms with Crippen LogP contribution in [0.1, 0.15) is 29.6 Å². The molecule has 4 heterocycles. The van der Waals surface area contributed by atoms with Gasteiger partial charge in [-0.05, 0) is 65.4 Å². The molecule has 1 saturated carbocycles. The fraction of sp³-hybridized carbons (Fsp3) is 0.440. The number of methoxy groups -OCH3 is 1. The lowest BCUT2D eigenvalue weighted by atomic mass is 10.0. The molecule has 0 radical (unpaired) electrons. The van der Waals surface area contributed by atoms with Crippen molar-refractivity contribution in [2.24, 2.45) is 18.7 Å². The van der Waals surface area contributed by atoms with Crippen LogP contribution in [0.5, 0.6) is 5.75 Å². The van der Waals surface area contributed by atoms with Crippen LogP contribution in [0.3, 0.4) is 0 Å². The number of hydrogen-bond acceptors (Lipinski definition) is 5. The first-order chi connectivity index (χ1) is 16.8. The van der Waals surface area contributed by atoms with Crippen molar-refractivity contribution in [2.45, 2.75) is 38.0 Å². The van der Waals surface area contributed by atoms with E-state index in [0.717, 1.165) is 27.4 Å². The van der Waals surface area contributed by atoms with E-state index >= 15 is 0 Å². The number of nitrogens with zero attached hydrogens (tertiary/aromatic N) is 4. The number of carbonyl (C=O) groups is 1. The van der Waals surface area contributed by atoms with Gasteiger partial charge in [0.1, 0.15) is 22.3 Å². The molecule has 0 unspecified atom stereocenters. The van der Waals surface area contributed by atoms with Crippen LogP contribution in [0.2, 0.25) is 0 Å². The van der Waals surface area contributed by atoms with Gasteiger partial charge >= 0.3 is 0 Å². The Hall–Kier alpha value is -2.43. The predicted molar refractivity (Wildman–Crippen MR) is 140 cm³/mol. The minimum absolute atomic E-state index is 0.0569. The Kier molecular flexibility index (Phi) is 5.65. The smallest absolute Gasteiger partial charge is 0.254 e. The zero-order valence-corrected chi connectivity index (χ0v) is 22.0. The van der Waals surface area contributed by atoms with Crippen LogP contribution in [0, 0.1) is 5.92 Å². The lowest BCUT2D eigenvalue weighted by Gasteiger charge is -2.33. The van der Waals surface area contributed by atoms with Gasteiger partial charge in [0.15, 0.2) is 5.82 Å². The van der Waals surface area contributed by atoms with Crippen molar-refractivity contribution in [3.05, 3.63) is 33.6 Å². The standard InChI is InChI=1S/C25H27BrFN5O2S/c1-30-22-18(5-14(7-20(22)34-2)24(33)31-11-16(27)9-17(28)12-31)29-23(30)19-6-15-8-21(26)35-25(15)32(19)10-13-3-4-13/h5-8,13,16-17H,3-4,9-12,28H2,1-2H3/t16-,17-/m1/s1. The SMILES string of the molecule is COc1cc(C(=O)N2C[C@H](N)C[C@@H](F)C2)cc2nc(-c3cc4cc(Br)sc4n3CC3CC3)n(C)c12. The number of hydrogen-bond donors (Lipinski definition) is 1. The van der Waals surface area contributed by atoms with Crippen molar-refractivity contribution < 1.29 is 13.9 Å². The van der Waals surface area contributed by atoms with E-state index in [4.69, 9.17) is 15.5 Å². The molecule has 6 rings (SSSR count). The van der Waals surface area contributed by atoms with Gasteiger partial charge in [-0.2, -0.15) is 0 Å². The molecule has 10 heteroatoms. The van der Waals surface area contributed by atoms with Crippen molar-refractivity contribution in [3.63, 3.8) is 0 Å². The average molecular weight is 560 g/mol. The molecule has 1 aromatic carbocycles. The molecule has 1 aliphatic carbocycles. The van der Waals surface area contributed by atoms with Crippen LogP contribution in [-0.4, -0.2) is 57.3 Å². The predicted octanol–water partition coefficient (Wildman–Crippen LogP) is 4.95. The molecule has 2 aliphatic rings. The quantitative estimate of drug-likeness (QED) is 0.375. The molecular weight excluding hydrogens is 533 g/mol. The summed E-state index contributed by atoms with van der Waals surface area (Å²) >= 11 is 5.36. The second kappa shape index (κ2) is 8.60. The summed E-state index contributed by atoms with van der Waals surface area (Å²) in [6, 6.07) is 7.49. The molecule has 4 aromatic rings. The van der Waals surface area contributed by atoms with Crippen LogP contribution in [-0.2, 0) is 13.6 Å². The third kappa shape index (κ3) is 4.05. The third-order valence-corrected chi connectivity index (χ3v) is 8.70. The van der Waals surface area contributed by atoms with E-state index in [1.807, 2.05) is 11.6 Å². The topological polar surface area (TPSA) is 78.3 Å². The molecule has 1 amide bonds. The van der Waals surface area contributed by atoms with Gasteiger partial charge < -0.3 is 24.5 Å². The molecule has 2 N–H and O–H groups in total. The summed E-state index contributed by atoms with van der Waals surface area (Å²) < 4.78 is 25.3. The molecule has 0 bridgehead atoms. The monoisotopic (exact) mass is 559 g/mol. The average Bonchev–Trinajstić information content (AvgIpc) is 3.37. The summed E-state index contributed by atoms with van der Waals surface area (Å²) in [5.41, 5.74) is 8.95. The number of fused-ring (bicyclic) bond motifs is 2. The van der Waals surface area contributed by atoms with Gasteiger partial charge in [-0.25, -0.2) is 9.37 Å². The van der Waals surface area contributed by atoms with E-state index in [9.17, 15) is 9.18 Å². The molecule has 3 aromatic heterocycles. The number of ether oxygens (including phenoxy) is 1. The van der Waals surface area contributed by atoms with E-state index in [1.54, 1.807) is 30.6 Å². The zero-order chi connectivity index (χ0) is 24.4. The number of rotatable bonds is 5. The number of imidazole rings is 1. The maximum absolute atomic E-state index is 14.1. The van der Waals surface area contributed by atoms with Crippen LogP contribution in [0.4, 0.5) is 4.39 Å². The second-order valence-electron chi connectivity index (χ2n) is 9.74. The van der Waals surface area contributed by atoms with E-state index in [-0.39, 0.29) is 24.9 Å². The van der Waals surface area contributed by atoms with E-state index in [2.05, 4.69) is 32.6 Å². The molecule has 0 spiro atoms. The number of nitrogens with two attached hydrogens (primary N) is 1. The van der Waals surface area contributed by atoms with E-state index in [1.165, 1.54) is 28.0 Å². The van der Waals surface area contributed by atoms with Gasteiger partial charge in [0, 0.05) is 37.1 Å². The first-order valence-electron chi connectivity index (χ1n) is 11.8. The normalized spacial score (nSPS) is 20.8. The third-order valence-electron chi connectivity index (χ3n) is 7.03. The fourth-order valence-corrected chi connectivity index (χ4v) is 6.78. The van der Waals surface area contributed by atoms with Crippen molar-refractivity contribution in [3.8, 4) is 17.3 Å². The molecular formula is C25H27BrFN5O2S. The van der Waals surface area contributed by atoms with Crippen LogP contribution in [0.25, 0.3) is 32.8 Å².